The number of carbonyl (C=O) groups is 1. The van der Waals surface area contributed by atoms with Gasteiger partial charge in [0.25, 0.3) is 0 Å². The molecule has 10 atom stereocenters. The van der Waals surface area contributed by atoms with E-state index in [0.717, 1.165) is 31.3 Å². The topological polar surface area (TPSA) is 133 Å². The normalized spacial score (nSPS) is 47.8. The van der Waals surface area contributed by atoms with Gasteiger partial charge in [-0.05, 0) is 83.3 Å². The van der Waals surface area contributed by atoms with Crippen LogP contribution in [0.15, 0.2) is 11.1 Å². The average molecular weight is 609 g/mol. The van der Waals surface area contributed by atoms with E-state index in [0.29, 0.717) is 38.0 Å². The lowest BCUT2D eigenvalue weighted by molar-refractivity contribution is -0.353. The predicted molar refractivity (Wildman–Crippen MR) is 155 cm³/mol. The van der Waals surface area contributed by atoms with Crippen molar-refractivity contribution in [3.63, 3.8) is 0 Å². The van der Waals surface area contributed by atoms with Crippen LogP contribution >= 0.6 is 0 Å². The third-order valence-electron chi connectivity index (χ3n) is 11.7. The van der Waals surface area contributed by atoms with E-state index in [4.69, 9.17) is 28.4 Å². The predicted octanol–water partition coefficient (Wildman–Crippen LogP) is 3.53. The maximum absolute atomic E-state index is 14.2. The Morgan fingerprint density at radius 1 is 0.930 bits per heavy atom. The van der Waals surface area contributed by atoms with Gasteiger partial charge in [-0.25, -0.2) is 0 Å². The summed E-state index contributed by atoms with van der Waals surface area (Å²) in [7, 11) is 0. The first kappa shape index (κ1) is 32.0. The Morgan fingerprint density at radius 2 is 1.58 bits per heavy atom. The second-order valence-electron chi connectivity index (χ2n) is 15.1. The summed E-state index contributed by atoms with van der Waals surface area (Å²) in [5.41, 5.74) is -3.63. The molecule has 3 aliphatic carbocycles. The van der Waals surface area contributed by atoms with Gasteiger partial charge in [-0.1, -0.05) is 20.8 Å². The number of aliphatic hydroxyl groups excluding tert-OH is 2. The molecule has 3 heterocycles. The number of hydrogen-bond donors (Lipinski definition) is 3. The highest BCUT2D eigenvalue weighted by atomic mass is 16.8. The molecule has 43 heavy (non-hydrogen) atoms. The van der Waals surface area contributed by atoms with Gasteiger partial charge in [0.15, 0.2) is 24.2 Å². The SMILES string of the molecule is CC1=C2[C@H]3OC(C)(C)O[C@@H]3[C@]3(C)CC[C@H](O)[C@@](O)(CO)[C@H]3[C@H](OC3CCCCO3)[C@](OC3CCCCO3)(CC1=O)C2(C)C. The number of Topliss-reactive ketones (excluding diaryl/α,β-unsaturated/α-hetero) is 1. The Balaban J connectivity index is 1.64. The monoisotopic (exact) mass is 608 g/mol. The van der Waals surface area contributed by atoms with Crippen molar-refractivity contribution in [3.8, 4) is 0 Å². The fraction of sp³-hybridized carbons (Fsp3) is 0.909. The third-order valence-corrected chi connectivity index (χ3v) is 11.7. The van der Waals surface area contributed by atoms with Gasteiger partial charge >= 0.3 is 0 Å². The van der Waals surface area contributed by atoms with Crippen molar-refractivity contribution in [2.45, 2.75) is 153 Å². The van der Waals surface area contributed by atoms with E-state index in [1.807, 2.05) is 27.7 Å². The zero-order chi connectivity index (χ0) is 31.0. The fourth-order valence-electron chi connectivity index (χ4n) is 9.41. The number of ether oxygens (including phenoxy) is 6. The van der Waals surface area contributed by atoms with Crippen molar-refractivity contribution < 1.29 is 48.5 Å². The molecule has 10 nitrogen and oxygen atoms in total. The molecule has 2 unspecified atom stereocenters. The molecule has 0 radical (unpaired) electrons. The van der Waals surface area contributed by atoms with Gasteiger partial charge in [-0.3, -0.25) is 4.79 Å². The van der Waals surface area contributed by atoms with E-state index in [9.17, 15) is 20.1 Å². The van der Waals surface area contributed by atoms with E-state index in [1.165, 1.54) is 0 Å². The average Bonchev–Trinajstić information content (AvgIpc) is 3.29. The largest absolute Gasteiger partial charge is 0.393 e. The summed E-state index contributed by atoms with van der Waals surface area (Å²) in [6.07, 6.45) is 1.06. The summed E-state index contributed by atoms with van der Waals surface area (Å²) >= 11 is 0. The van der Waals surface area contributed by atoms with Crippen molar-refractivity contribution in [2.75, 3.05) is 19.8 Å². The summed E-state index contributed by atoms with van der Waals surface area (Å²) in [6, 6.07) is 0. The minimum atomic E-state index is -1.98. The lowest BCUT2D eigenvalue weighted by Gasteiger charge is -2.66. The van der Waals surface area contributed by atoms with Gasteiger partial charge in [0.1, 0.15) is 17.3 Å². The first-order valence-electron chi connectivity index (χ1n) is 16.4. The van der Waals surface area contributed by atoms with Gasteiger partial charge in [-0.2, -0.15) is 0 Å². The van der Waals surface area contributed by atoms with Crippen LogP contribution < -0.4 is 0 Å². The molecule has 3 saturated heterocycles. The van der Waals surface area contributed by atoms with Crippen molar-refractivity contribution in [1.29, 1.82) is 0 Å². The zero-order valence-electron chi connectivity index (χ0n) is 26.7. The van der Waals surface area contributed by atoms with Crippen molar-refractivity contribution >= 4 is 5.78 Å². The lowest BCUT2D eigenvalue weighted by Crippen LogP contribution is -2.76. The number of rotatable bonds is 5. The zero-order valence-corrected chi connectivity index (χ0v) is 26.7. The molecule has 244 valence electrons. The first-order chi connectivity index (χ1) is 20.2. The van der Waals surface area contributed by atoms with Crippen molar-refractivity contribution in [2.24, 2.45) is 16.7 Å². The molecule has 6 rings (SSSR count). The maximum atomic E-state index is 14.2. The Morgan fingerprint density at radius 3 is 2.19 bits per heavy atom. The molecule has 0 amide bonds. The molecule has 3 N–H and O–H groups in total. The van der Waals surface area contributed by atoms with Gasteiger partial charge in [0.2, 0.25) is 0 Å². The van der Waals surface area contributed by atoms with Crippen LogP contribution in [0.3, 0.4) is 0 Å². The fourth-order valence-corrected chi connectivity index (χ4v) is 9.41. The van der Waals surface area contributed by atoms with Gasteiger partial charge in [0, 0.05) is 36.4 Å². The first-order valence-corrected chi connectivity index (χ1v) is 16.4. The lowest BCUT2D eigenvalue weighted by atomic mass is 9.45. The summed E-state index contributed by atoms with van der Waals surface area (Å²) < 4.78 is 39.9. The van der Waals surface area contributed by atoms with E-state index >= 15 is 0 Å². The molecule has 2 bridgehead atoms. The molecule has 10 heteroatoms. The highest BCUT2D eigenvalue weighted by molar-refractivity contribution is 5.98. The van der Waals surface area contributed by atoms with Crippen LogP contribution in [0.5, 0.6) is 0 Å². The molecular weight excluding hydrogens is 556 g/mol. The van der Waals surface area contributed by atoms with Crippen molar-refractivity contribution in [1.82, 2.24) is 0 Å². The van der Waals surface area contributed by atoms with Crippen molar-refractivity contribution in [3.05, 3.63) is 11.1 Å². The molecule has 0 spiro atoms. The molecule has 0 aromatic heterocycles. The number of allylic oxidation sites excluding steroid dienone is 1. The van der Waals surface area contributed by atoms with Crippen LogP contribution in [0.4, 0.5) is 0 Å². The highest BCUT2D eigenvalue weighted by Gasteiger charge is 2.74. The molecule has 0 aromatic rings. The highest BCUT2D eigenvalue weighted by Crippen LogP contribution is 2.66. The Kier molecular flexibility index (Phi) is 8.26. The molecule has 0 aromatic carbocycles. The van der Waals surface area contributed by atoms with Crippen LogP contribution in [0, 0.1) is 16.7 Å². The van der Waals surface area contributed by atoms with Gasteiger partial charge in [0.05, 0.1) is 24.9 Å². The van der Waals surface area contributed by atoms with Gasteiger partial charge in [-0.15, -0.1) is 0 Å². The Bertz CT molecular complexity index is 1110. The van der Waals surface area contributed by atoms with Crippen LogP contribution in [-0.2, 0) is 33.2 Å². The number of hydrogen-bond acceptors (Lipinski definition) is 10. The second-order valence-corrected chi connectivity index (χ2v) is 15.1. The number of carbonyl (C=O) groups excluding carboxylic acids is 1. The smallest absolute Gasteiger partial charge is 0.164 e. The standard InChI is InChI=1S/C33H52O10/c1-19-20(35)17-33(41-23-12-8-10-16-39-23)28(40-22-11-7-9-15-38-22)26-31(6,14-13-21(36)32(26,37)18-34)27-25(24(19)29(33,2)3)42-30(4,5)43-27/h21-23,25-28,34,36-37H,7-18H2,1-6H3/t21-,22?,23?,25+,26-,27-,28-,31+,32-,33+/m0/s1. The van der Waals surface area contributed by atoms with Crippen LogP contribution in [0.25, 0.3) is 0 Å². The summed E-state index contributed by atoms with van der Waals surface area (Å²) in [5, 5.41) is 34.9. The quantitative estimate of drug-likeness (QED) is 0.426. The number of aliphatic hydroxyl groups is 3. The maximum Gasteiger partial charge on any atom is 0.164 e. The Labute approximate surface area is 255 Å². The minimum absolute atomic E-state index is 0.0155. The molecule has 2 saturated carbocycles. The molecule has 3 aliphatic heterocycles. The Hall–Kier alpha value is -0.950. The van der Waals surface area contributed by atoms with Crippen LogP contribution in [-0.4, -0.2) is 94.9 Å². The van der Waals surface area contributed by atoms with E-state index in [-0.39, 0.29) is 18.6 Å². The van der Waals surface area contributed by atoms with E-state index in [1.54, 1.807) is 0 Å². The molecule has 6 aliphatic rings. The molecule has 5 fully saturated rings. The third kappa shape index (κ3) is 4.90. The summed E-state index contributed by atoms with van der Waals surface area (Å²) in [5.74, 6) is -1.99. The minimum Gasteiger partial charge on any atom is -0.393 e. The molecular formula is C33H52O10. The number of fused-ring (bicyclic) bond motifs is 6. The number of ketones is 1. The summed E-state index contributed by atoms with van der Waals surface area (Å²) in [6.45, 7) is 12.1. The van der Waals surface area contributed by atoms with E-state index < -0.39 is 77.3 Å². The van der Waals surface area contributed by atoms with Gasteiger partial charge < -0.3 is 43.7 Å². The second kappa shape index (κ2) is 11.1. The van der Waals surface area contributed by atoms with Crippen LogP contribution in [0.1, 0.15) is 99.3 Å². The summed E-state index contributed by atoms with van der Waals surface area (Å²) in [4.78, 5) is 14.2. The van der Waals surface area contributed by atoms with E-state index in [2.05, 4.69) is 13.8 Å². The van der Waals surface area contributed by atoms with Crippen LogP contribution in [0.2, 0.25) is 0 Å².